The van der Waals surface area contributed by atoms with Crippen molar-refractivity contribution < 1.29 is 31.2 Å². The number of carbonyl (C=O) groups is 2. The molecule has 0 heterocycles. The summed E-state index contributed by atoms with van der Waals surface area (Å²) in [6, 6.07) is 8.29. The monoisotopic (exact) mass is 591 g/mol. The van der Waals surface area contributed by atoms with Gasteiger partial charge in [-0.3, -0.25) is 14.9 Å². The van der Waals surface area contributed by atoms with E-state index in [2.05, 4.69) is 10.6 Å². The van der Waals surface area contributed by atoms with Crippen LogP contribution in [0.5, 0.6) is 0 Å². The zero-order valence-corrected chi connectivity index (χ0v) is 25.1. The number of sulfone groups is 1. The lowest BCUT2D eigenvalue weighted by molar-refractivity contribution is -0.161. The van der Waals surface area contributed by atoms with Gasteiger partial charge in [-0.1, -0.05) is 64.1 Å². The molecule has 2 rings (SSSR count). The normalized spacial score (nSPS) is 12.8. The van der Waals surface area contributed by atoms with Crippen LogP contribution in [-0.4, -0.2) is 57.8 Å². The molecule has 2 aromatic rings. The number of benzene rings is 2. The quantitative estimate of drug-likeness (QED) is 0.359. The second-order valence-corrected chi connectivity index (χ2v) is 11.7. The van der Waals surface area contributed by atoms with E-state index in [1.807, 2.05) is 26.4 Å². The molecule has 0 bridgehead atoms. The second-order valence-electron chi connectivity index (χ2n) is 8.83. The van der Waals surface area contributed by atoms with E-state index in [1.165, 1.54) is 36.4 Å². The number of thioether (sulfide) groups is 1. The predicted molar refractivity (Wildman–Crippen MR) is 153 cm³/mol. The molecule has 0 spiro atoms. The van der Waals surface area contributed by atoms with Crippen LogP contribution in [0.3, 0.4) is 0 Å². The van der Waals surface area contributed by atoms with E-state index >= 15 is 0 Å². The Balaban J connectivity index is 0.00000269. The number of hydrogen-bond donors (Lipinski definition) is 3. The number of amides is 2. The minimum absolute atomic E-state index is 0.0944. The molecule has 7 nitrogen and oxygen atoms in total. The molecule has 39 heavy (non-hydrogen) atoms. The highest BCUT2D eigenvalue weighted by Crippen LogP contribution is 2.34. The number of halogens is 3. The summed E-state index contributed by atoms with van der Waals surface area (Å²) >= 11 is 1.75. The molecule has 12 heteroatoms. The van der Waals surface area contributed by atoms with E-state index in [0.717, 1.165) is 6.26 Å². The average molecular weight is 592 g/mol. The summed E-state index contributed by atoms with van der Waals surface area (Å²) in [5.74, 6) is -1.64. The molecule has 0 aliphatic carbocycles. The maximum atomic E-state index is 13.9. The Morgan fingerprint density at radius 3 is 1.74 bits per heavy atom. The van der Waals surface area contributed by atoms with Crippen LogP contribution < -0.4 is 16.4 Å². The molecule has 0 aromatic heterocycles. The molecule has 0 saturated carbocycles. The molecule has 220 valence electrons. The molecule has 1 unspecified atom stereocenters. The van der Waals surface area contributed by atoms with Crippen molar-refractivity contribution in [1.29, 1.82) is 0 Å². The van der Waals surface area contributed by atoms with Crippen molar-refractivity contribution in [1.82, 2.24) is 10.6 Å². The van der Waals surface area contributed by atoms with Crippen molar-refractivity contribution >= 4 is 33.4 Å². The van der Waals surface area contributed by atoms with Gasteiger partial charge in [0, 0.05) is 6.26 Å². The van der Waals surface area contributed by atoms with Gasteiger partial charge in [0.25, 0.3) is 0 Å². The number of nitrogens with one attached hydrogen (secondary N) is 2. The van der Waals surface area contributed by atoms with Crippen LogP contribution in [0.4, 0.5) is 13.2 Å². The Kier molecular flexibility index (Phi) is 16.1. The highest BCUT2D eigenvalue weighted by atomic mass is 32.2. The van der Waals surface area contributed by atoms with E-state index in [9.17, 15) is 31.2 Å². The lowest BCUT2D eigenvalue weighted by atomic mass is 9.97. The first-order valence-electron chi connectivity index (χ1n) is 12.3. The number of primary amides is 1. The summed E-state index contributed by atoms with van der Waals surface area (Å²) in [7, 11) is -3.36. The molecule has 2 aromatic carbocycles. The van der Waals surface area contributed by atoms with E-state index < -0.39 is 46.5 Å². The van der Waals surface area contributed by atoms with Crippen molar-refractivity contribution in [2.24, 2.45) is 11.7 Å². The zero-order chi connectivity index (χ0) is 30.4. The third kappa shape index (κ3) is 13.4. The van der Waals surface area contributed by atoms with Gasteiger partial charge in [0.2, 0.25) is 11.8 Å². The molecule has 0 fully saturated rings. The van der Waals surface area contributed by atoms with Crippen LogP contribution in [-0.2, 0) is 19.4 Å². The highest BCUT2D eigenvalue weighted by Gasteiger charge is 2.42. The second kappa shape index (κ2) is 17.2. The van der Waals surface area contributed by atoms with Gasteiger partial charge in [-0.05, 0) is 53.7 Å². The Bertz CT molecular complexity index is 1120. The number of alkyl halides is 3. The molecule has 0 aliphatic rings. The first-order valence-corrected chi connectivity index (χ1v) is 15.8. The third-order valence-electron chi connectivity index (χ3n) is 5.02. The molecular formula is C27H40F3N3O4S2. The van der Waals surface area contributed by atoms with E-state index in [-0.39, 0.29) is 22.8 Å². The summed E-state index contributed by atoms with van der Waals surface area (Å²) in [5.41, 5.74) is 6.15. The van der Waals surface area contributed by atoms with Crippen molar-refractivity contribution in [3.05, 3.63) is 54.1 Å². The number of rotatable bonds is 10. The topological polar surface area (TPSA) is 118 Å². The van der Waals surface area contributed by atoms with Gasteiger partial charge >= 0.3 is 6.18 Å². The van der Waals surface area contributed by atoms with E-state index in [1.54, 1.807) is 37.7 Å². The lowest BCUT2D eigenvalue weighted by Gasteiger charge is -2.28. The van der Waals surface area contributed by atoms with Gasteiger partial charge in [-0.2, -0.15) is 24.9 Å². The maximum absolute atomic E-state index is 13.9. The van der Waals surface area contributed by atoms with Crippen LogP contribution in [0.1, 0.15) is 45.7 Å². The summed E-state index contributed by atoms with van der Waals surface area (Å²) in [5, 5.41) is 4.65. The molecule has 4 N–H and O–H groups in total. The first-order chi connectivity index (χ1) is 18.1. The summed E-state index contributed by atoms with van der Waals surface area (Å²) < 4.78 is 65.0. The molecule has 0 aliphatic heterocycles. The summed E-state index contributed by atoms with van der Waals surface area (Å²) in [6.07, 6.45) is 0.585. The minimum atomic E-state index is -4.70. The molecule has 0 radical (unpaired) electrons. The smallest absolute Gasteiger partial charge is 0.368 e. The van der Waals surface area contributed by atoms with Crippen molar-refractivity contribution in [3.8, 4) is 11.1 Å². The van der Waals surface area contributed by atoms with E-state index in [4.69, 9.17) is 5.73 Å². The Hall–Kier alpha value is -2.57. The van der Waals surface area contributed by atoms with Gasteiger partial charge in [-0.15, -0.1) is 0 Å². The largest absolute Gasteiger partial charge is 0.407 e. The zero-order valence-electron chi connectivity index (χ0n) is 23.4. The summed E-state index contributed by atoms with van der Waals surface area (Å²) in [6.45, 7) is 7.06. The Morgan fingerprint density at radius 2 is 1.38 bits per heavy atom. The van der Waals surface area contributed by atoms with Gasteiger partial charge in [0.05, 0.1) is 17.5 Å². The van der Waals surface area contributed by atoms with Crippen molar-refractivity contribution in [2.45, 2.75) is 57.3 Å². The fourth-order valence-electron chi connectivity index (χ4n) is 3.36. The lowest BCUT2D eigenvalue weighted by Crippen LogP contribution is -2.50. The van der Waals surface area contributed by atoms with Crippen LogP contribution in [0, 0.1) is 5.92 Å². The first kappa shape index (κ1) is 36.4. The molecule has 2 amide bonds. The Morgan fingerprint density at radius 1 is 0.949 bits per heavy atom. The fourth-order valence-corrected chi connectivity index (χ4v) is 3.99. The maximum Gasteiger partial charge on any atom is 0.407 e. The van der Waals surface area contributed by atoms with Crippen LogP contribution in [0.25, 0.3) is 11.1 Å². The van der Waals surface area contributed by atoms with Crippen LogP contribution in [0.2, 0.25) is 0 Å². The van der Waals surface area contributed by atoms with E-state index in [0.29, 0.717) is 11.1 Å². The van der Waals surface area contributed by atoms with Gasteiger partial charge < -0.3 is 11.1 Å². The Labute approximate surface area is 234 Å². The van der Waals surface area contributed by atoms with Gasteiger partial charge in [0.15, 0.2) is 9.84 Å². The molecular weight excluding hydrogens is 551 g/mol. The van der Waals surface area contributed by atoms with Gasteiger partial charge in [-0.25, -0.2) is 8.42 Å². The van der Waals surface area contributed by atoms with Gasteiger partial charge in [0.1, 0.15) is 6.04 Å². The molecule has 0 saturated heterocycles. The van der Waals surface area contributed by atoms with Crippen molar-refractivity contribution in [2.75, 3.05) is 25.3 Å². The third-order valence-corrected chi connectivity index (χ3v) is 6.14. The fraction of sp³-hybridized carbons (Fsp3) is 0.481. The number of carbonyl (C=O) groups excluding carboxylic acids is 2. The standard InChI is InChI=1S/C23H28F3N3O4S.C2H6S.C2H6/c1-14(2)12-19(22(31)28-13-20(27)30)29-21(23(24,25)26)17-6-4-15(5-7-17)16-8-10-18(11-9-16)34(3,32)33;1-3-2;1-2/h4-11,14,19,21,29H,12-13H2,1-3H3,(H2,27,30)(H,28,31);1-2H3;1-2H3/t19-,21?;;/m0../s1. The highest BCUT2D eigenvalue weighted by molar-refractivity contribution is 7.97. The predicted octanol–water partition coefficient (Wildman–Crippen LogP) is 4.97. The van der Waals surface area contributed by atoms with Crippen molar-refractivity contribution in [3.63, 3.8) is 0 Å². The number of nitrogens with two attached hydrogens (primary N) is 1. The average Bonchev–Trinajstić information content (AvgIpc) is 2.85. The minimum Gasteiger partial charge on any atom is -0.368 e. The van der Waals surface area contributed by atoms with Crippen LogP contribution in [0.15, 0.2) is 53.4 Å². The summed E-state index contributed by atoms with van der Waals surface area (Å²) in [4.78, 5) is 23.5. The SMILES string of the molecule is CC.CC(C)C[C@H](NC(c1ccc(-c2ccc(S(C)(=O)=O)cc2)cc1)C(F)(F)F)C(=O)NCC(N)=O.CSC. The molecule has 2 atom stereocenters. The number of hydrogen-bond acceptors (Lipinski definition) is 6. The van der Waals surface area contributed by atoms with Crippen LogP contribution >= 0.6 is 11.8 Å².